The summed E-state index contributed by atoms with van der Waals surface area (Å²) in [5.74, 6) is -0.487. The minimum absolute atomic E-state index is 0.0191. The Balaban J connectivity index is 2.30. The molecule has 0 bridgehead atoms. The zero-order valence-electron chi connectivity index (χ0n) is 6.37. The molecule has 0 unspecified atom stereocenters. The van der Waals surface area contributed by atoms with Gasteiger partial charge in [0, 0.05) is 13.5 Å². The van der Waals surface area contributed by atoms with Crippen molar-refractivity contribution in [2.75, 3.05) is 13.7 Å². The molecule has 11 heavy (non-hydrogen) atoms. The highest BCUT2D eigenvalue weighted by Gasteiger charge is 2.25. The normalized spacial score (nSPS) is 31.7. The minimum atomic E-state index is -0.651. The third-order valence-electron chi connectivity index (χ3n) is 1.57. The Labute approximate surface area is 65.7 Å². The van der Waals surface area contributed by atoms with Crippen molar-refractivity contribution >= 4 is 5.91 Å². The molecular weight excluding hydrogens is 146 g/mol. The molecule has 2 radical (unpaired) electrons. The van der Waals surface area contributed by atoms with E-state index >= 15 is 0 Å². The maximum atomic E-state index is 10.5. The van der Waals surface area contributed by atoms with Gasteiger partial charge in [-0.15, -0.1) is 0 Å². The second-order valence-corrected chi connectivity index (χ2v) is 2.38. The number of carbonyl (C=O) groups excluding carboxylic acids is 1. The van der Waals surface area contributed by atoms with E-state index in [4.69, 9.17) is 15.2 Å². The first-order valence-electron chi connectivity index (χ1n) is 3.41. The van der Waals surface area contributed by atoms with Crippen LogP contribution < -0.4 is 5.73 Å². The first-order valence-corrected chi connectivity index (χ1v) is 3.41. The van der Waals surface area contributed by atoms with Crippen LogP contribution in [0.5, 0.6) is 0 Å². The number of amides is 1. The summed E-state index contributed by atoms with van der Waals surface area (Å²) in [4.78, 5) is 10.5. The third kappa shape index (κ3) is 2.17. The maximum absolute atomic E-state index is 10.5. The maximum Gasteiger partial charge on any atom is 0.247 e. The zero-order valence-corrected chi connectivity index (χ0v) is 6.37. The van der Waals surface area contributed by atoms with Gasteiger partial charge in [-0.1, -0.05) is 0 Å². The monoisotopic (exact) mass is 157 g/mol. The number of rotatable bonds is 2. The molecule has 0 aromatic heterocycles. The molecule has 4 heteroatoms. The predicted molar refractivity (Wildman–Crippen MR) is 37.6 cm³/mol. The molecule has 1 aliphatic rings. The van der Waals surface area contributed by atoms with Crippen molar-refractivity contribution in [2.45, 2.75) is 18.6 Å². The predicted octanol–water partition coefficient (Wildman–Crippen LogP) is -0.643. The van der Waals surface area contributed by atoms with Gasteiger partial charge in [0.2, 0.25) is 5.91 Å². The van der Waals surface area contributed by atoms with Gasteiger partial charge < -0.3 is 15.2 Å². The summed E-state index contributed by atoms with van der Waals surface area (Å²) in [6, 6.07) is 0. The van der Waals surface area contributed by atoms with E-state index in [2.05, 4.69) is 6.42 Å². The summed E-state index contributed by atoms with van der Waals surface area (Å²) in [6.07, 6.45) is 2.77. The Hall–Kier alpha value is -0.610. The van der Waals surface area contributed by atoms with Gasteiger partial charge in [-0.25, -0.2) is 0 Å². The van der Waals surface area contributed by atoms with Crippen LogP contribution in [0.4, 0.5) is 0 Å². The van der Waals surface area contributed by atoms with Gasteiger partial charge in [0.15, 0.2) is 0 Å². The van der Waals surface area contributed by atoms with E-state index in [9.17, 15) is 4.79 Å². The first kappa shape index (κ1) is 8.49. The molecule has 1 amide bonds. The lowest BCUT2D eigenvalue weighted by Crippen LogP contribution is -2.39. The topological polar surface area (TPSA) is 61.5 Å². The molecule has 4 nitrogen and oxygen atoms in total. The van der Waals surface area contributed by atoms with E-state index in [1.807, 2.05) is 0 Å². The Morgan fingerprint density at radius 3 is 2.91 bits per heavy atom. The largest absolute Gasteiger partial charge is 0.379 e. The second-order valence-electron chi connectivity index (χ2n) is 2.38. The van der Waals surface area contributed by atoms with Crippen LogP contribution in [0.25, 0.3) is 0 Å². The Morgan fingerprint density at radius 1 is 1.82 bits per heavy atom. The average molecular weight is 157 g/mol. The molecule has 0 aromatic rings. The lowest BCUT2D eigenvalue weighted by atomic mass is 10.1. The molecule has 1 saturated heterocycles. The number of ether oxygens (including phenoxy) is 2. The Bertz CT molecular complexity index is 141. The van der Waals surface area contributed by atoms with E-state index in [1.54, 1.807) is 7.11 Å². The lowest BCUT2D eigenvalue weighted by Gasteiger charge is -2.25. The fourth-order valence-electron chi connectivity index (χ4n) is 0.894. The highest BCUT2D eigenvalue weighted by Crippen LogP contribution is 2.13. The molecule has 2 N–H and O–H groups in total. The average Bonchev–Trinajstić information content (AvgIpc) is 2.05. The van der Waals surface area contributed by atoms with E-state index in [0.717, 1.165) is 0 Å². The number of hydrogen-bond acceptors (Lipinski definition) is 3. The summed E-state index contributed by atoms with van der Waals surface area (Å²) in [5.41, 5.74) is 4.99. The highest BCUT2D eigenvalue weighted by molar-refractivity contribution is 5.80. The lowest BCUT2D eigenvalue weighted by molar-refractivity contribution is -0.133. The molecule has 62 valence electrons. The molecular formula is C7H11NO3. The van der Waals surface area contributed by atoms with Crippen molar-refractivity contribution in [3.63, 3.8) is 0 Å². The number of carbonyl (C=O) groups is 1. The van der Waals surface area contributed by atoms with Gasteiger partial charge in [-0.2, -0.15) is 0 Å². The molecule has 0 aromatic carbocycles. The third-order valence-corrected chi connectivity index (χ3v) is 1.57. The Kier molecular flexibility index (Phi) is 2.84. The second kappa shape index (κ2) is 3.69. The molecule has 0 spiro atoms. The van der Waals surface area contributed by atoms with Crippen molar-refractivity contribution in [3.05, 3.63) is 6.42 Å². The van der Waals surface area contributed by atoms with Crippen LogP contribution in [0.1, 0.15) is 6.42 Å². The van der Waals surface area contributed by atoms with Crippen LogP contribution in [-0.2, 0) is 14.3 Å². The van der Waals surface area contributed by atoms with E-state index < -0.39 is 12.0 Å². The zero-order chi connectivity index (χ0) is 8.27. The van der Waals surface area contributed by atoms with Crippen LogP contribution >= 0.6 is 0 Å². The fourth-order valence-corrected chi connectivity index (χ4v) is 0.894. The molecule has 2 atom stereocenters. The SMILES string of the molecule is CO[C@@H]1C[C][C@H](C(N)=O)OC1. The van der Waals surface area contributed by atoms with E-state index in [-0.39, 0.29) is 6.10 Å². The summed E-state index contributed by atoms with van der Waals surface area (Å²) in [7, 11) is 1.60. The van der Waals surface area contributed by atoms with Gasteiger partial charge in [0.05, 0.1) is 12.7 Å². The minimum Gasteiger partial charge on any atom is -0.379 e. The van der Waals surface area contributed by atoms with Crippen LogP contribution in [-0.4, -0.2) is 31.8 Å². The van der Waals surface area contributed by atoms with Crippen molar-refractivity contribution in [3.8, 4) is 0 Å². The Morgan fingerprint density at radius 2 is 2.55 bits per heavy atom. The van der Waals surface area contributed by atoms with Crippen molar-refractivity contribution in [2.24, 2.45) is 5.73 Å². The van der Waals surface area contributed by atoms with Gasteiger partial charge in [0.25, 0.3) is 0 Å². The molecule has 0 aliphatic carbocycles. The number of methoxy groups -OCH3 is 1. The van der Waals surface area contributed by atoms with Crippen LogP contribution in [0.2, 0.25) is 0 Å². The molecule has 0 saturated carbocycles. The molecule has 1 heterocycles. The number of nitrogens with two attached hydrogens (primary N) is 1. The van der Waals surface area contributed by atoms with Gasteiger partial charge in [-0.3, -0.25) is 4.79 Å². The molecule has 1 rings (SSSR count). The summed E-state index contributed by atoms with van der Waals surface area (Å²) in [5, 5.41) is 0. The van der Waals surface area contributed by atoms with Crippen molar-refractivity contribution in [1.29, 1.82) is 0 Å². The van der Waals surface area contributed by atoms with Crippen LogP contribution in [0, 0.1) is 6.42 Å². The van der Waals surface area contributed by atoms with Crippen molar-refractivity contribution < 1.29 is 14.3 Å². The summed E-state index contributed by atoms with van der Waals surface area (Å²) < 4.78 is 10.0. The van der Waals surface area contributed by atoms with Gasteiger partial charge >= 0.3 is 0 Å². The number of hydrogen-bond donors (Lipinski definition) is 1. The fraction of sp³-hybridized carbons (Fsp3) is 0.714. The summed E-state index contributed by atoms with van der Waals surface area (Å²) >= 11 is 0. The standard InChI is InChI=1S/C7H11NO3/c1-10-5-2-3-6(7(8)9)11-4-5/h5-6H,2,4H2,1H3,(H2,8,9)/t5-,6-/m1/s1. The smallest absolute Gasteiger partial charge is 0.247 e. The van der Waals surface area contributed by atoms with Gasteiger partial charge in [0.1, 0.15) is 6.10 Å². The molecule has 1 aliphatic heterocycles. The quantitative estimate of drug-likeness (QED) is 0.579. The summed E-state index contributed by atoms with van der Waals surface area (Å²) in [6.45, 7) is 0.414. The van der Waals surface area contributed by atoms with Crippen LogP contribution in [0.15, 0.2) is 0 Å². The first-order chi connectivity index (χ1) is 5.24. The van der Waals surface area contributed by atoms with Crippen molar-refractivity contribution in [1.82, 2.24) is 0 Å². The molecule has 1 fully saturated rings. The number of primary amides is 1. The van der Waals surface area contributed by atoms with Gasteiger partial charge in [-0.05, 0) is 6.42 Å². The van der Waals surface area contributed by atoms with Crippen LogP contribution in [0.3, 0.4) is 0 Å². The van der Waals surface area contributed by atoms with E-state index in [1.165, 1.54) is 0 Å². The highest BCUT2D eigenvalue weighted by atomic mass is 16.5. The van der Waals surface area contributed by atoms with E-state index in [0.29, 0.717) is 13.0 Å².